The lowest BCUT2D eigenvalue weighted by molar-refractivity contribution is 0.0773. The van der Waals surface area contributed by atoms with Gasteiger partial charge in [0.25, 0.3) is 5.91 Å². The minimum Gasteiger partial charge on any atom is -0.382 e. The maximum atomic E-state index is 12.4. The second kappa shape index (κ2) is 7.48. The molecule has 0 radical (unpaired) electrons. The fourth-order valence-electron chi connectivity index (χ4n) is 3.27. The molecule has 116 valence electrons. The van der Waals surface area contributed by atoms with Gasteiger partial charge in [0.05, 0.1) is 0 Å². The van der Waals surface area contributed by atoms with Crippen LogP contribution in [0.25, 0.3) is 0 Å². The van der Waals surface area contributed by atoms with Gasteiger partial charge in [-0.1, -0.05) is 18.9 Å². The van der Waals surface area contributed by atoms with E-state index < -0.39 is 0 Å². The highest BCUT2D eigenvalue weighted by molar-refractivity contribution is 5.95. The average molecular weight is 288 g/mol. The van der Waals surface area contributed by atoms with Crippen LogP contribution in [-0.2, 0) is 0 Å². The van der Waals surface area contributed by atoms with Gasteiger partial charge in [0, 0.05) is 30.4 Å². The van der Waals surface area contributed by atoms with E-state index in [4.69, 9.17) is 0 Å². The van der Waals surface area contributed by atoms with Crippen LogP contribution in [0.5, 0.6) is 0 Å². The second-order valence-corrected chi connectivity index (χ2v) is 6.04. The molecule has 1 aliphatic rings. The van der Waals surface area contributed by atoms with Crippen molar-refractivity contribution in [2.45, 2.75) is 52.5 Å². The van der Waals surface area contributed by atoms with E-state index >= 15 is 0 Å². The van der Waals surface area contributed by atoms with Crippen LogP contribution in [0.15, 0.2) is 24.3 Å². The second-order valence-electron chi connectivity index (χ2n) is 6.04. The van der Waals surface area contributed by atoms with Gasteiger partial charge in [-0.05, 0) is 57.7 Å². The number of rotatable bonds is 6. The van der Waals surface area contributed by atoms with Crippen LogP contribution in [0, 0.1) is 5.92 Å². The number of nitrogens with zero attached hydrogens (tertiary/aromatic N) is 1. The Morgan fingerprint density at radius 1 is 1.29 bits per heavy atom. The van der Waals surface area contributed by atoms with Gasteiger partial charge >= 0.3 is 0 Å². The molecule has 1 amide bonds. The van der Waals surface area contributed by atoms with Gasteiger partial charge in [-0.3, -0.25) is 4.79 Å². The lowest BCUT2D eigenvalue weighted by atomic mass is 9.99. The highest BCUT2D eigenvalue weighted by Gasteiger charge is 2.21. The maximum Gasteiger partial charge on any atom is 0.253 e. The third-order valence-electron chi connectivity index (χ3n) is 4.66. The van der Waals surface area contributed by atoms with Crippen molar-refractivity contribution in [3.05, 3.63) is 29.8 Å². The lowest BCUT2D eigenvalue weighted by Crippen LogP contribution is -2.30. The molecule has 0 aliphatic heterocycles. The summed E-state index contributed by atoms with van der Waals surface area (Å²) in [6.07, 6.45) is 5.37. The Hall–Kier alpha value is -1.51. The summed E-state index contributed by atoms with van der Waals surface area (Å²) in [4.78, 5) is 14.3. The quantitative estimate of drug-likeness (QED) is 0.852. The van der Waals surface area contributed by atoms with Crippen molar-refractivity contribution in [3.63, 3.8) is 0 Å². The van der Waals surface area contributed by atoms with Crippen LogP contribution in [0.3, 0.4) is 0 Å². The number of hydrogen-bond acceptors (Lipinski definition) is 2. The minimum absolute atomic E-state index is 0.122. The molecule has 1 fully saturated rings. The highest BCUT2D eigenvalue weighted by Crippen LogP contribution is 2.29. The van der Waals surface area contributed by atoms with E-state index in [0.717, 1.165) is 30.3 Å². The zero-order chi connectivity index (χ0) is 15.2. The van der Waals surface area contributed by atoms with Crippen molar-refractivity contribution in [1.29, 1.82) is 0 Å². The standard InChI is InChI=1S/C18H28N2O/c1-4-20(5-2)18(21)16-11-8-12-17(13-16)19-14(3)15-9-6-7-10-15/h8,11-15,19H,4-7,9-10H2,1-3H3. The third kappa shape index (κ3) is 3.99. The summed E-state index contributed by atoms with van der Waals surface area (Å²) < 4.78 is 0. The molecule has 21 heavy (non-hydrogen) atoms. The third-order valence-corrected chi connectivity index (χ3v) is 4.66. The summed E-state index contributed by atoms with van der Waals surface area (Å²) in [5.74, 6) is 0.893. The molecule has 1 unspecified atom stereocenters. The summed E-state index contributed by atoms with van der Waals surface area (Å²) in [6, 6.07) is 8.41. The summed E-state index contributed by atoms with van der Waals surface area (Å²) >= 11 is 0. The molecule has 1 atom stereocenters. The monoisotopic (exact) mass is 288 g/mol. The first-order valence-corrected chi connectivity index (χ1v) is 8.31. The molecule has 3 nitrogen and oxygen atoms in total. The first-order chi connectivity index (χ1) is 10.2. The van der Waals surface area contributed by atoms with Crippen LogP contribution in [0.4, 0.5) is 5.69 Å². The summed E-state index contributed by atoms with van der Waals surface area (Å²) in [5, 5.41) is 3.58. The van der Waals surface area contributed by atoms with Gasteiger partial charge in [0.1, 0.15) is 0 Å². The Balaban J connectivity index is 2.04. The van der Waals surface area contributed by atoms with Gasteiger partial charge in [-0.25, -0.2) is 0 Å². The highest BCUT2D eigenvalue weighted by atomic mass is 16.2. The molecule has 1 aromatic rings. The van der Waals surface area contributed by atoms with Crippen molar-refractivity contribution in [1.82, 2.24) is 4.90 Å². The molecule has 2 rings (SSSR count). The molecule has 0 bridgehead atoms. The molecule has 1 saturated carbocycles. The average Bonchev–Trinajstić information content (AvgIpc) is 3.03. The Morgan fingerprint density at radius 3 is 2.57 bits per heavy atom. The Labute approximate surface area is 128 Å². The molecule has 0 spiro atoms. The smallest absolute Gasteiger partial charge is 0.253 e. The topological polar surface area (TPSA) is 32.3 Å². The van der Waals surface area contributed by atoms with E-state index in [1.54, 1.807) is 0 Å². The van der Waals surface area contributed by atoms with E-state index in [0.29, 0.717) is 6.04 Å². The molecule has 0 heterocycles. The van der Waals surface area contributed by atoms with E-state index in [1.165, 1.54) is 25.7 Å². The van der Waals surface area contributed by atoms with E-state index in [9.17, 15) is 4.79 Å². The van der Waals surface area contributed by atoms with Crippen LogP contribution >= 0.6 is 0 Å². The fourth-order valence-corrected chi connectivity index (χ4v) is 3.27. The molecule has 0 saturated heterocycles. The zero-order valence-corrected chi connectivity index (χ0v) is 13.6. The molecule has 1 aliphatic carbocycles. The summed E-state index contributed by atoms with van der Waals surface area (Å²) in [5.41, 5.74) is 1.84. The lowest BCUT2D eigenvalue weighted by Gasteiger charge is -2.23. The molecule has 0 aromatic heterocycles. The van der Waals surface area contributed by atoms with Gasteiger partial charge in [0.2, 0.25) is 0 Å². The Bertz CT molecular complexity index is 462. The zero-order valence-electron chi connectivity index (χ0n) is 13.6. The van der Waals surface area contributed by atoms with Gasteiger partial charge in [0.15, 0.2) is 0 Å². The SMILES string of the molecule is CCN(CC)C(=O)c1cccc(NC(C)C2CCCC2)c1. The van der Waals surface area contributed by atoms with Crippen LogP contribution in [0.1, 0.15) is 56.8 Å². The molecular formula is C18H28N2O. The summed E-state index contributed by atoms with van der Waals surface area (Å²) in [7, 11) is 0. The first-order valence-electron chi connectivity index (χ1n) is 8.31. The maximum absolute atomic E-state index is 12.4. The number of hydrogen-bond donors (Lipinski definition) is 1. The molecule has 3 heteroatoms. The van der Waals surface area contributed by atoms with Crippen LogP contribution in [-0.4, -0.2) is 29.9 Å². The normalized spacial score (nSPS) is 16.7. The van der Waals surface area contributed by atoms with Crippen molar-refractivity contribution in [2.75, 3.05) is 18.4 Å². The summed E-state index contributed by atoms with van der Waals surface area (Å²) in [6.45, 7) is 7.81. The first kappa shape index (κ1) is 15.9. The van der Waals surface area contributed by atoms with Gasteiger partial charge in [-0.2, -0.15) is 0 Å². The molecule has 1 N–H and O–H groups in total. The fraction of sp³-hybridized carbons (Fsp3) is 0.611. The number of anilines is 1. The largest absolute Gasteiger partial charge is 0.382 e. The van der Waals surface area contributed by atoms with E-state index in [-0.39, 0.29) is 5.91 Å². The Kier molecular flexibility index (Phi) is 5.66. The van der Waals surface area contributed by atoms with Crippen molar-refractivity contribution in [3.8, 4) is 0 Å². The predicted molar refractivity (Wildman–Crippen MR) is 88.7 cm³/mol. The van der Waals surface area contributed by atoms with Crippen molar-refractivity contribution in [2.24, 2.45) is 5.92 Å². The van der Waals surface area contributed by atoms with Crippen LogP contribution < -0.4 is 5.32 Å². The van der Waals surface area contributed by atoms with Crippen molar-refractivity contribution >= 4 is 11.6 Å². The predicted octanol–water partition coefficient (Wildman–Crippen LogP) is 4.16. The molecule has 1 aromatic carbocycles. The minimum atomic E-state index is 0.122. The van der Waals surface area contributed by atoms with Gasteiger partial charge in [-0.15, -0.1) is 0 Å². The Morgan fingerprint density at radius 2 is 1.95 bits per heavy atom. The number of carbonyl (C=O) groups excluding carboxylic acids is 1. The number of nitrogens with one attached hydrogen (secondary N) is 1. The van der Waals surface area contributed by atoms with Gasteiger partial charge < -0.3 is 10.2 Å². The number of benzene rings is 1. The van der Waals surface area contributed by atoms with Crippen molar-refractivity contribution < 1.29 is 4.79 Å². The number of carbonyl (C=O) groups is 1. The number of amides is 1. The van der Waals surface area contributed by atoms with E-state index in [2.05, 4.69) is 18.3 Å². The van der Waals surface area contributed by atoms with Crippen LogP contribution in [0.2, 0.25) is 0 Å². The molecular weight excluding hydrogens is 260 g/mol. The van der Waals surface area contributed by atoms with E-state index in [1.807, 2.05) is 36.9 Å².